The van der Waals surface area contributed by atoms with Crippen LogP contribution in [0.1, 0.15) is 17.0 Å². The van der Waals surface area contributed by atoms with Gasteiger partial charge < -0.3 is 4.57 Å². The van der Waals surface area contributed by atoms with Crippen LogP contribution in [-0.2, 0) is 12.3 Å². The molecule has 0 amide bonds. The summed E-state index contributed by atoms with van der Waals surface area (Å²) < 4.78 is 2.23. The molecule has 0 N–H and O–H groups in total. The Hall–Kier alpha value is -0.930. The summed E-state index contributed by atoms with van der Waals surface area (Å²) in [6.07, 6.45) is 1.93. The largest absolute Gasteiger partial charge is 0.329 e. The van der Waals surface area contributed by atoms with E-state index in [1.54, 1.807) is 0 Å². The van der Waals surface area contributed by atoms with Crippen molar-refractivity contribution in [3.63, 3.8) is 0 Å². The summed E-state index contributed by atoms with van der Waals surface area (Å²) in [5.74, 6) is 2.67. The topological polar surface area (TPSA) is 17.8 Å². The Morgan fingerprint density at radius 1 is 1.28 bits per heavy atom. The van der Waals surface area contributed by atoms with E-state index in [0.29, 0.717) is 5.88 Å². The number of hydrogen-bond donors (Lipinski definition) is 0. The lowest BCUT2D eigenvalue weighted by molar-refractivity contribution is 0.764. The number of nitrogens with zero attached hydrogens (tertiary/aromatic N) is 2. The normalized spacial score (nSPS) is 10.8. The lowest BCUT2D eigenvalue weighted by Gasteiger charge is -2.09. The van der Waals surface area contributed by atoms with Crippen molar-refractivity contribution in [1.29, 1.82) is 0 Å². The lowest BCUT2D eigenvalue weighted by Crippen LogP contribution is -2.03. The van der Waals surface area contributed by atoms with Gasteiger partial charge in [0.25, 0.3) is 0 Å². The number of halogens is 1. The van der Waals surface area contributed by atoms with Gasteiger partial charge in [0.1, 0.15) is 0 Å². The van der Waals surface area contributed by atoms with Gasteiger partial charge in [-0.1, -0.05) is 30.3 Å². The van der Waals surface area contributed by atoms with Crippen LogP contribution >= 0.6 is 23.4 Å². The van der Waals surface area contributed by atoms with Gasteiger partial charge in [0.05, 0.1) is 17.7 Å². The Labute approximate surface area is 117 Å². The van der Waals surface area contributed by atoms with Crippen molar-refractivity contribution < 1.29 is 0 Å². The summed E-state index contributed by atoms with van der Waals surface area (Å²) in [5.41, 5.74) is 3.72. The minimum Gasteiger partial charge on any atom is -0.329 e. The van der Waals surface area contributed by atoms with Crippen LogP contribution in [0.25, 0.3) is 0 Å². The number of imidazole rings is 1. The van der Waals surface area contributed by atoms with Gasteiger partial charge in [0, 0.05) is 23.9 Å². The molecule has 0 bridgehead atoms. The third-order valence-electron chi connectivity index (χ3n) is 2.81. The minimum absolute atomic E-state index is 0.705. The number of alkyl halides is 1. The Morgan fingerprint density at radius 2 is 2.06 bits per heavy atom. The summed E-state index contributed by atoms with van der Waals surface area (Å²) in [4.78, 5) is 4.41. The van der Waals surface area contributed by atoms with Gasteiger partial charge in [-0.3, -0.25) is 0 Å². The first kappa shape index (κ1) is 13.5. The van der Waals surface area contributed by atoms with E-state index in [9.17, 15) is 0 Å². The average Bonchev–Trinajstić information content (AvgIpc) is 2.73. The fraction of sp³-hybridized carbons (Fsp3) is 0.357. The first-order chi connectivity index (χ1) is 8.81. The maximum absolute atomic E-state index is 5.71. The number of hydrogen-bond acceptors (Lipinski definition) is 2. The highest BCUT2D eigenvalue weighted by molar-refractivity contribution is 7.98. The minimum atomic E-state index is 0.705. The zero-order valence-electron chi connectivity index (χ0n) is 10.5. The van der Waals surface area contributed by atoms with E-state index in [2.05, 4.69) is 40.7 Å². The molecule has 18 heavy (non-hydrogen) atoms. The molecule has 0 aliphatic carbocycles. The molecule has 2 aromatic rings. The van der Waals surface area contributed by atoms with E-state index in [4.69, 9.17) is 11.6 Å². The van der Waals surface area contributed by atoms with Gasteiger partial charge in [0.15, 0.2) is 0 Å². The van der Waals surface area contributed by atoms with E-state index in [0.717, 1.165) is 23.7 Å². The molecule has 0 spiro atoms. The molecule has 0 saturated heterocycles. The molecular formula is C14H17ClN2S. The lowest BCUT2D eigenvalue weighted by atomic mass is 10.2. The molecule has 1 heterocycles. The molecule has 0 unspecified atom stereocenters. The Kier molecular flexibility index (Phi) is 5.14. The van der Waals surface area contributed by atoms with Crippen molar-refractivity contribution in [2.24, 2.45) is 0 Å². The van der Waals surface area contributed by atoms with Gasteiger partial charge in [-0.05, 0) is 12.5 Å². The third-order valence-corrected chi connectivity index (χ3v) is 4.19. The van der Waals surface area contributed by atoms with Crippen molar-refractivity contribution in [2.75, 3.05) is 11.6 Å². The summed E-state index contributed by atoms with van der Waals surface area (Å²) >= 11 is 7.56. The molecule has 1 aromatic heterocycles. The highest BCUT2D eigenvalue weighted by Gasteiger charge is 2.07. The predicted molar refractivity (Wildman–Crippen MR) is 79.4 cm³/mol. The van der Waals surface area contributed by atoms with Crippen LogP contribution < -0.4 is 0 Å². The van der Waals surface area contributed by atoms with Gasteiger partial charge in [0.2, 0.25) is 0 Å². The van der Waals surface area contributed by atoms with Gasteiger partial charge in [-0.25, -0.2) is 4.98 Å². The van der Waals surface area contributed by atoms with E-state index >= 15 is 0 Å². The van der Waals surface area contributed by atoms with Crippen LogP contribution in [0, 0.1) is 6.92 Å². The SMILES string of the molecule is Cc1ncn(Cc2ccccc2)c1CSCCCl. The first-order valence-corrected chi connectivity index (χ1v) is 7.68. The van der Waals surface area contributed by atoms with Gasteiger partial charge in [-0.2, -0.15) is 11.8 Å². The zero-order valence-corrected chi connectivity index (χ0v) is 12.0. The first-order valence-electron chi connectivity index (χ1n) is 5.99. The highest BCUT2D eigenvalue weighted by Crippen LogP contribution is 2.17. The van der Waals surface area contributed by atoms with E-state index in [1.807, 2.05) is 24.2 Å². The van der Waals surface area contributed by atoms with Crippen molar-refractivity contribution in [3.05, 3.63) is 53.6 Å². The molecule has 96 valence electrons. The summed E-state index contributed by atoms with van der Waals surface area (Å²) in [7, 11) is 0. The average molecular weight is 281 g/mol. The predicted octanol–water partition coefficient (Wildman–Crippen LogP) is 3.71. The van der Waals surface area contributed by atoms with Crippen LogP contribution in [0.2, 0.25) is 0 Å². The second-order valence-electron chi connectivity index (χ2n) is 4.13. The number of aryl methyl sites for hydroxylation is 1. The van der Waals surface area contributed by atoms with Crippen LogP contribution in [-0.4, -0.2) is 21.2 Å². The molecule has 0 fully saturated rings. The van der Waals surface area contributed by atoms with Crippen LogP contribution in [0.5, 0.6) is 0 Å². The smallest absolute Gasteiger partial charge is 0.0954 e. The van der Waals surface area contributed by atoms with Gasteiger partial charge >= 0.3 is 0 Å². The molecule has 0 atom stereocenters. The van der Waals surface area contributed by atoms with Crippen molar-refractivity contribution >= 4 is 23.4 Å². The standard InChI is InChI=1S/C14H17ClN2S/c1-12-14(10-18-8-7-15)17(11-16-12)9-13-5-3-2-4-6-13/h2-6,11H,7-10H2,1H3. The fourth-order valence-corrected chi connectivity index (χ4v) is 2.98. The molecule has 2 nitrogen and oxygen atoms in total. The quantitative estimate of drug-likeness (QED) is 0.593. The maximum atomic E-state index is 5.71. The third kappa shape index (κ3) is 3.53. The summed E-state index contributed by atoms with van der Waals surface area (Å²) in [6.45, 7) is 2.95. The van der Waals surface area contributed by atoms with Crippen molar-refractivity contribution in [1.82, 2.24) is 9.55 Å². The fourth-order valence-electron chi connectivity index (χ4n) is 1.84. The number of thioether (sulfide) groups is 1. The Balaban J connectivity index is 2.08. The van der Waals surface area contributed by atoms with E-state index < -0.39 is 0 Å². The van der Waals surface area contributed by atoms with Crippen molar-refractivity contribution in [2.45, 2.75) is 19.2 Å². The van der Waals surface area contributed by atoms with Crippen LogP contribution in [0.3, 0.4) is 0 Å². The molecule has 2 rings (SSSR count). The molecule has 0 aliphatic rings. The second kappa shape index (κ2) is 6.86. The molecule has 0 saturated carbocycles. The van der Waals surface area contributed by atoms with E-state index in [-0.39, 0.29) is 0 Å². The van der Waals surface area contributed by atoms with Crippen molar-refractivity contribution in [3.8, 4) is 0 Å². The monoisotopic (exact) mass is 280 g/mol. The molecule has 0 aliphatic heterocycles. The van der Waals surface area contributed by atoms with Crippen LogP contribution in [0.15, 0.2) is 36.7 Å². The second-order valence-corrected chi connectivity index (χ2v) is 5.61. The number of benzene rings is 1. The molecular weight excluding hydrogens is 264 g/mol. The van der Waals surface area contributed by atoms with Gasteiger partial charge in [-0.15, -0.1) is 11.6 Å². The number of rotatable bonds is 6. The number of aromatic nitrogens is 2. The molecule has 0 radical (unpaired) electrons. The molecule has 4 heteroatoms. The summed E-state index contributed by atoms with van der Waals surface area (Å²) in [6, 6.07) is 10.5. The van der Waals surface area contributed by atoms with Crippen LogP contribution in [0.4, 0.5) is 0 Å². The highest BCUT2D eigenvalue weighted by atomic mass is 35.5. The summed E-state index contributed by atoms with van der Waals surface area (Å²) in [5, 5.41) is 0. The van der Waals surface area contributed by atoms with E-state index in [1.165, 1.54) is 11.3 Å². The molecule has 1 aromatic carbocycles. The maximum Gasteiger partial charge on any atom is 0.0954 e. The Bertz CT molecular complexity index is 482. The zero-order chi connectivity index (χ0) is 12.8. The Morgan fingerprint density at radius 3 is 2.78 bits per heavy atom.